The van der Waals surface area contributed by atoms with Crippen molar-refractivity contribution in [3.63, 3.8) is 0 Å². The van der Waals surface area contributed by atoms with Crippen molar-refractivity contribution in [1.82, 2.24) is 0 Å². The van der Waals surface area contributed by atoms with Gasteiger partial charge in [0, 0.05) is 17.8 Å². The number of rotatable bonds is 4. The van der Waals surface area contributed by atoms with Gasteiger partial charge in [-0.05, 0) is 36.5 Å². The molecule has 0 unspecified atom stereocenters. The largest absolute Gasteiger partial charge is 0.497 e. The molecule has 2 rings (SSSR count). The van der Waals surface area contributed by atoms with Crippen LogP contribution in [0.3, 0.4) is 0 Å². The fourth-order valence-electron chi connectivity index (χ4n) is 1.60. The van der Waals surface area contributed by atoms with Crippen molar-refractivity contribution in [3.05, 3.63) is 48.3 Å². The van der Waals surface area contributed by atoms with Crippen LogP contribution in [-0.2, 0) is 0 Å². The molecule has 3 N–H and O–H groups in total. The van der Waals surface area contributed by atoms with Crippen LogP contribution in [0, 0.1) is 5.82 Å². The average molecular weight is 292 g/mol. The van der Waals surface area contributed by atoms with Crippen molar-refractivity contribution in [3.8, 4) is 17.2 Å². The molecule has 6 heteroatoms. The molecule has 2 aromatic carbocycles. The maximum absolute atomic E-state index is 13.9. The fourth-order valence-corrected chi connectivity index (χ4v) is 1.71. The zero-order valence-corrected chi connectivity index (χ0v) is 11.5. The summed E-state index contributed by atoms with van der Waals surface area (Å²) in [6.45, 7) is 0. The topological polar surface area (TPSA) is 56.5 Å². The summed E-state index contributed by atoms with van der Waals surface area (Å²) in [5.74, 6) is 0.703. The summed E-state index contributed by atoms with van der Waals surface area (Å²) in [5, 5.41) is 2.72. The molecule has 0 heterocycles. The van der Waals surface area contributed by atoms with Crippen molar-refractivity contribution in [1.29, 1.82) is 0 Å². The molecule has 0 saturated heterocycles. The van der Waals surface area contributed by atoms with Crippen LogP contribution in [0.1, 0.15) is 0 Å². The van der Waals surface area contributed by atoms with E-state index in [9.17, 15) is 4.39 Å². The standard InChI is InChI=1S/C14H13FN2O2S/c1-18-10-3-2-4-11(8-10)19-13-6-5-9(7-12(13)15)17-14(16)20/h2-8H,1H3,(H3,16,17,20). The molecular weight excluding hydrogens is 279 g/mol. The molecule has 0 saturated carbocycles. The molecule has 2 aromatic rings. The van der Waals surface area contributed by atoms with Crippen LogP contribution in [0.2, 0.25) is 0 Å². The summed E-state index contributed by atoms with van der Waals surface area (Å²) in [5.41, 5.74) is 5.79. The van der Waals surface area contributed by atoms with Gasteiger partial charge in [0.05, 0.1) is 7.11 Å². The lowest BCUT2D eigenvalue weighted by Gasteiger charge is -2.10. The first-order valence-corrected chi connectivity index (χ1v) is 6.17. The molecule has 4 nitrogen and oxygen atoms in total. The predicted octanol–water partition coefficient (Wildman–Crippen LogP) is 3.28. The van der Waals surface area contributed by atoms with E-state index in [2.05, 4.69) is 17.5 Å². The second-order valence-corrected chi connectivity index (χ2v) is 4.36. The molecule has 0 aliphatic carbocycles. The van der Waals surface area contributed by atoms with Gasteiger partial charge in [-0.1, -0.05) is 6.07 Å². The maximum atomic E-state index is 13.9. The Morgan fingerprint density at radius 1 is 1.20 bits per heavy atom. The molecule has 0 fully saturated rings. The highest BCUT2D eigenvalue weighted by atomic mass is 32.1. The van der Waals surface area contributed by atoms with Crippen molar-refractivity contribution >= 4 is 23.0 Å². The SMILES string of the molecule is COc1cccc(Oc2ccc(NC(N)=S)cc2F)c1. The number of nitrogens with two attached hydrogens (primary N) is 1. The Morgan fingerprint density at radius 2 is 1.95 bits per heavy atom. The number of ether oxygens (including phenoxy) is 2. The highest BCUT2D eigenvalue weighted by molar-refractivity contribution is 7.80. The maximum Gasteiger partial charge on any atom is 0.168 e. The quantitative estimate of drug-likeness (QED) is 0.847. The van der Waals surface area contributed by atoms with Gasteiger partial charge in [-0.2, -0.15) is 0 Å². The Kier molecular flexibility index (Phi) is 4.37. The van der Waals surface area contributed by atoms with E-state index in [1.165, 1.54) is 12.1 Å². The lowest BCUT2D eigenvalue weighted by molar-refractivity contribution is 0.405. The third kappa shape index (κ3) is 3.58. The number of methoxy groups -OCH3 is 1. The van der Waals surface area contributed by atoms with Gasteiger partial charge in [0.2, 0.25) is 0 Å². The third-order valence-corrected chi connectivity index (χ3v) is 2.57. The number of hydrogen-bond acceptors (Lipinski definition) is 3. The van der Waals surface area contributed by atoms with Crippen LogP contribution in [0.4, 0.5) is 10.1 Å². The fraction of sp³-hybridized carbons (Fsp3) is 0.0714. The lowest BCUT2D eigenvalue weighted by atomic mass is 10.3. The van der Waals surface area contributed by atoms with Crippen LogP contribution < -0.4 is 20.5 Å². The van der Waals surface area contributed by atoms with E-state index in [4.69, 9.17) is 15.2 Å². The summed E-state index contributed by atoms with van der Waals surface area (Å²) in [4.78, 5) is 0. The van der Waals surface area contributed by atoms with E-state index in [0.29, 0.717) is 17.2 Å². The molecule has 0 aliphatic heterocycles. The van der Waals surface area contributed by atoms with Crippen LogP contribution in [-0.4, -0.2) is 12.2 Å². The Hall–Kier alpha value is -2.34. The van der Waals surface area contributed by atoms with E-state index >= 15 is 0 Å². The van der Waals surface area contributed by atoms with Gasteiger partial charge in [-0.3, -0.25) is 0 Å². The Labute approximate surface area is 121 Å². The van der Waals surface area contributed by atoms with E-state index in [-0.39, 0.29) is 10.9 Å². The zero-order chi connectivity index (χ0) is 14.5. The third-order valence-electron chi connectivity index (χ3n) is 2.47. The number of halogens is 1. The highest BCUT2D eigenvalue weighted by Crippen LogP contribution is 2.28. The minimum atomic E-state index is -0.519. The van der Waals surface area contributed by atoms with E-state index < -0.39 is 5.82 Å². The Bertz CT molecular complexity index is 634. The molecule has 0 atom stereocenters. The molecule has 104 valence electrons. The first kappa shape index (κ1) is 14.1. The highest BCUT2D eigenvalue weighted by Gasteiger charge is 2.07. The smallest absolute Gasteiger partial charge is 0.168 e. The van der Waals surface area contributed by atoms with Gasteiger partial charge < -0.3 is 20.5 Å². The van der Waals surface area contributed by atoms with Gasteiger partial charge >= 0.3 is 0 Å². The van der Waals surface area contributed by atoms with Gasteiger partial charge in [0.1, 0.15) is 11.5 Å². The van der Waals surface area contributed by atoms with Gasteiger partial charge in [-0.25, -0.2) is 4.39 Å². The molecule has 0 aliphatic rings. The van der Waals surface area contributed by atoms with Crippen LogP contribution in [0.5, 0.6) is 17.2 Å². The number of hydrogen-bond donors (Lipinski definition) is 2. The molecule has 0 amide bonds. The molecular formula is C14H13FN2O2S. The number of thiocarbonyl (C=S) groups is 1. The normalized spacial score (nSPS) is 9.90. The van der Waals surface area contributed by atoms with E-state index in [1.807, 2.05) is 0 Å². The summed E-state index contributed by atoms with van der Waals surface area (Å²) < 4.78 is 24.4. The summed E-state index contributed by atoms with van der Waals surface area (Å²) in [6.07, 6.45) is 0. The van der Waals surface area contributed by atoms with E-state index in [1.54, 1.807) is 37.4 Å². The lowest BCUT2D eigenvalue weighted by Crippen LogP contribution is -2.18. The molecule has 0 bridgehead atoms. The second kappa shape index (κ2) is 6.21. The van der Waals surface area contributed by atoms with Crippen LogP contribution in [0.15, 0.2) is 42.5 Å². The minimum Gasteiger partial charge on any atom is -0.497 e. The van der Waals surface area contributed by atoms with Gasteiger partial charge in [0.15, 0.2) is 16.7 Å². The Balaban J connectivity index is 2.18. The van der Waals surface area contributed by atoms with Crippen LogP contribution in [0.25, 0.3) is 0 Å². The first-order valence-electron chi connectivity index (χ1n) is 5.76. The minimum absolute atomic E-state index is 0.0749. The average Bonchev–Trinajstić information content (AvgIpc) is 2.41. The van der Waals surface area contributed by atoms with Crippen LogP contribution >= 0.6 is 12.2 Å². The summed E-state index contributed by atoms with van der Waals surface area (Å²) in [7, 11) is 1.55. The summed E-state index contributed by atoms with van der Waals surface area (Å²) in [6, 6.07) is 11.3. The van der Waals surface area contributed by atoms with Crippen molar-refractivity contribution in [2.45, 2.75) is 0 Å². The molecule has 0 spiro atoms. The second-order valence-electron chi connectivity index (χ2n) is 3.92. The van der Waals surface area contributed by atoms with Crippen molar-refractivity contribution in [2.75, 3.05) is 12.4 Å². The predicted molar refractivity (Wildman–Crippen MR) is 79.9 cm³/mol. The number of nitrogens with one attached hydrogen (secondary N) is 1. The molecule has 0 aromatic heterocycles. The monoisotopic (exact) mass is 292 g/mol. The number of anilines is 1. The summed E-state index contributed by atoms with van der Waals surface area (Å²) >= 11 is 4.69. The molecule has 0 radical (unpaired) electrons. The van der Waals surface area contributed by atoms with Gasteiger partial charge in [0.25, 0.3) is 0 Å². The molecule has 20 heavy (non-hydrogen) atoms. The van der Waals surface area contributed by atoms with Crippen molar-refractivity contribution < 1.29 is 13.9 Å². The zero-order valence-electron chi connectivity index (χ0n) is 10.7. The van der Waals surface area contributed by atoms with Crippen molar-refractivity contribution in [2.24, 2.45) is 5.73 Å². The van der Waals surface area contributed by atoms with E-state index in [0.717, 1.165) is 0 Å². The Morgan fingerprint density at radius 3 is 2.60 bits per heavy atom. The first-order chi connectivity index (χ1) is 9.58. The van der Waals surface area contributed by atoms with Gasteiger partial charge in [-0.15, -0.1) is 0 Å². The number of benzene rings is 2.